The lowest BCUT2D eigenvalue weighted by Gasteiger charge is -2.15. The van der Waals surface area contributed by atoms with Crippen LogP contribution in [0.25, 0.3) is 0 Å². The molecule has 1 atom stereocenters. The fourth-order valence-electron chi connectivity index (χ4n) is 1.88. The minimum absolute atomic E-state index is 0.0298. The average molecular weight is 208 g/mol. The zero-order valence-electron chi connectivity index (χ0n) is 8.67. The van der Waals surface area contributed by atoms with Crippen LogP contribution in [0.5, 0.6) is 0 Å². The standard InChI is InChI=1S/C10H16N4O/c11-9-7-10(15)13(8-9)4-2-6-14-5-1-3-12-14/h1,3,5,9H,2,4,6-8,11H2. The average Bonchev–Trinajstić information content (AvgIpc) is 2.77. The normalized spacial score (nSPS) is 21.3. The van der Waals surface area contributed by atoms with Crippen LogP contribution in [0.1, 0.15) is 12.8 Å². The van der Waals surface area contributed by atoms with Gasteiger partial charge in [-0.2, -0.15) is 5.10 Å². The first-order chi connectivity index (χ1) is 7.25. The Kier molecular flexibility index (Phi) is 3.01. The van der Waals surface area contributed by atoms with E-state index in [0.717, 1.165) is 19.5 Å². The maximum atomic E-state index is 11.4. The molecular formula is C10H16N4O. The van der Waals surface area contributed by atoms with Crippen LogP contribution < -0.4 is 5.73 Å². The van der Waals surface area contributed by atoms with E-state index in [1.165, 1.54) is 0 Å². The molecule has 1 aromatic rings. The van der Waals surface area contributed by atoms with Crippen LogP contribution in [0.2, 0.25) is 0 Å². The summed E-state index contributed by atoms with van der Waals surface area (Å²) < 4.78 is 1.88. The number of nitrogens with zero attached hydrogens (tertiary/aromatic N) is 3. The van der Waals surface area contributed by atoms with Crippen LogP contribution in [0, 0.1) is 0 Å². The summed E-state index contributed by atoms with van der Waals surface area (Å²) >= 11 is 0. The van der Waals surface area contributed by atoms with Gasteiger partial charge in [-0.3, -0.25) is 9.48 Å². The summed E-state index contributed by atoms with van der Waals surface area (Å²) in [5.41, 5.74) is 5.70. The van der Waals surface area contributed by atoms with Crippen molar-refractivity contribution in [3.8, 4) is 0 Å². The Morgan fingerprint density at radius 2 is 2.40 bits per heavy atom. The molecule has 15 heavy (non-hydrogen) atoms. The van der Waals surface area contributed by atoms with E-state index in [9.17, 15) is 4.79 Å². The van der Waals surface area contributed by atoms with Gasteiger partial charge in [0.1, 0.15) is 0 Å². The molecule has 2 heterocycles. The van der Waals surface area contributed by atoms with Gasteiger partial charge < -0.3 is 10.6 Å². The van der Waals surface area contributed by atoms with Gasteiger partial charge in [-0.25, -0.2) is 0 Å². The number of hydrogen-bond donors (Lipinski definition) is 1. The van der Waals surface area contributed by atoms with Crippen molar-refractivity contribution in [2.45, 2.75) is 25.4 Å². The quantitative estimate of drug-likeness (QED) is 0.747. The first-order valence-corrected chi connectivity index (χ1v) is 5.26. The second-order valence-corrected chi connectivity index (χ2v) is 3.93. The predicted molar refractivity (Wildman–Crippen MR) is 56.0 cm³/mol. The molecule has 1 aliphatic rings. The number of aryl methyl sites for hydroxylation is 1. The molecule has 1 fully saturated rings. The SMILES string of the molecule is NC1CC(=O)N(CCCn2cccn2)C1. The van der Waals surface area contributed by atoms with Crippen molar-refractivity contribution in [1.82, 2.24) is 14.7 Å². The number of likely N-dealkylation sites (tertiary alicyclic amines) is 1. The number of amides is 1. The largest absolute Gasteiger partial charge is 0.341 e. The second kappa shape index (κ2) is 4.44. The number of hydrogen-bond acceptors (Lipinski definition) is 3. The van der Waals surface area contributed by atoms with Crippen molar-refractivity contribution >= 4 is 5.91 Å². The van der Waals surface area contributed by atoms with E-state index in [1.807, 2.05) is 21.8 Å². The van der Waals surface area contributed by atoms with Gasteiger partial charge >= 0.3 is 0 Å². The second-order valence-electron chi connectivity index (χ2n) is 3.93. The summed E-state index contributed by atoms with van der Waals surface area (Å²) in [6, 6.07) is 1.93. The minimum Gasteiger partial charge on any atom is -0.341 e. The maximum Gasteiger partial charge on any atom is 0.224 e. The van der Waals surface area contributed by atoms with Crippen molar-refractivity contribution in [3.63, 3.8) is 0 Å². The van der Waals surface area contributed by atoms with Crippen molar-refractivity contribution in [2.75, 3.05) is 13.1 Å². The Labute approximate surface area is 88.8 Å². The van der Waals surface area contributed by atoms with Gasteiger partial charge in [0.2, 0.25) is 5.91 Å². The molecule has 1 amide bonds. The van der Waals surface area contributed by atoms with Gasteiger partial charge in [0, 0.05) is 44.5 Å². The molecule has 0 aromatic carbocycles. The van der Waals surface area contributed by atoms with Crippen molar-refractivity contribution in [1.29, 1.82) is 0 Å². The van der Waals surface area contributed by atoms with Gasteiger partial charge in [-0.1, -0.05) is 0 Å². The molecule has 0 saturated carbocycles. The number of carbonyl (C=O) groups is 1. The molecule has 5 nitrogen and oxygen atoms in total. The minimum atomic E-state index is 0.0298. The monoisotopic (exact) mass is 208 g/mol. The first kappa shape index (κ1) is 10.2. The molecule has 1 unspecified atom stereocenters. The molecule has 5 heteroatoms. The summed E-state index contributed by atoms with van der Waals surface area (Å²) in [5, 5.41) is 4.10. The van der Waals surface area contributed by atoms with Gasteiger partial charge in [-0.15, -0.1) is 0 Å². The van der Waals surface area contributed by atoms with E-state index in [4.69, 9.17) is 5.73 Å². The Morgan fingerprint density at radius 3 is 3.00 bits per heavy atom. The molecule has 0 spiro atoms. The van der Waals surface area contributed by atoms with E-state index in [1.54, 1.807) is 6.20 Å². The fourth-order valence-corrected chi connectivity index (χ4v) is 1.88. The highest BCUT2D eigenvalue weighted by Crippen LogP contribution is 2.09. The molecule has 0 aliphatic carbocycles. The van der Waals surface area contributed by atoms with Gasteiger partial charge in [-0.05, 0) is 12.5 Å². The van der Waals surface area contributed by atoms with E-state index in [-0.39, 0.29) is 11.9 Å². The lowest BCUT2D eigenvalue weighted by molar-refractivity contribution is -0.127. The van der Waals surface area contributed by atoms with Crippen molar-refractivity contribution in [2.24, 2.45) is 5.73 Å². The lowest BCUT2D eigenvalue weighted by atomic mass is 10.3. The maximum absolute atomic E-state index is 11.4. The molecule has 2 rings (SSSR count). The summed E-state index contributed by atoms with van der Waals surface area (Å²) in [4.78, 5) is 13.2. The number of aromatic nitrogens is 2. The number of rotatable bonds is 4. The highest BCUT2D eigenvalue weighted by molar-refractivity contribution is 5.79. The van der Waals surface area contributed by atoms with Crippen LogP contribution in [-0.4, -0.2) is 39.7 Å². The molecule has 0 radical (unpaired) electrons. The van der Waals surface area contributed by atoms with Crippen molar-refractivity contribution in [3.05, 3.63) is 18.5 Å². The smallest absolute Gasteiger partial charge is 0.224 e. The molecule has 1 aromatic heterocycles. The Balaban J connectivity index is 1.72. The van der Waals surface area contributed by atoms with Crippen LogP contribution in [0.15, 0.2) is 18.5 Å². The Hall–Kier alpha value is -1.36. The third kappa shape index (κ3) is 2.56. The van der Waals surface area contributed by atoms with Gasteiger partial charge in [0.15, 0.2) is 0 Å². The predicted octanol–water partition coefficient (Wildman–Crippen LogP) is -0.167. The van der Waals surface area contributed by atoms with Crippen LogP contribution in [0.4, 0.5) is 0 Å². The lowest BCUT2D eigenvalue weighted by Crippen LogP contribution is -2.29. The topological polar surface area (TPSA) is 64.2 Å². The zero-order chi connectivity index (χ0) is 10.7. The molecular weight excluding hydrogens is 192 g/mol. The van der Waals surface area contributed by atoms with E-state index < -0.39 is 0 Å². The fraction of sp³-hybridized carbons (Fsp3) is 0.600. The van der Waals surface area contributed by atoms with E-state index in [2.05, 4.69) is 5.10 Å². The Bertz CT molecular complexity index is 322. The first-order valence-electron chi connectivity index (χ1n) is 5.26. The summed E-state index contributed by atoms with van der Waals surface area (Å²) in [6.45, 7) is 2.34. The van der Waals surface area contributed by atoms with Gasteiger partial charge in [0.25, 0.3) is 0 Å². The number of nitrogens with two attached hydrogens (primary N) is 1. The highest BCUT2D eigenvalue weighted by Gasteiger charge is 2.25. The third-order valence-corrected chi connectivity index (χ3v) is 2.62. The van der Waals surface area contributed by atoms with Crippen LogP contribution >= 0.6 is 0 Å². The zero-order valence-corrected chi connectivity index (χ0v) is 8.67. The van der Waals surface area contributed by atoms with E-state index >= 15 is 0 Å². The van der Waals surface area contributed by atoms with E-state index in [0.29, 0.717) is 13.0 Å². The molecule has 1 aliphatic heterocycles. The van der Waals surface area contributed by atoms with Gasteiger partial charge in [0.05, 0.1) is 0 Å². The summed E-state index contributed by atoms with van der Waals surface area (Å²) in [5.74, 6) is 0.183. The molecule has 2 N–H and O–H groups in total. The molecule has 0 bridgehead atoms. The molecule has 82 valence electrons. The third-order valence-electron chi connectivity index (χ3n) is 2.62. The van der Waals surface area contributed by atoms with Crippen LogP contribution in [-0.2, 0) is 11.3 Å². The highest BCUT2D eigenvalue weighted by atomic mass is 16.2. The summed E-state index contributed by atoms with van der Waals surface area (Å²) in [7, 11) is 0. The number of carbonyl (C=O) groups excluding carboxylic acids is 1. The van der Waals surface area contributed by atoms with Crippen LogP contribution in [0.3, 0.4) is 0 Å². The molecule has 1 saturated heterocycles. The van der Waals surface area contributed by atoms with Crippen molar-refractivity contribution < 1.29 is 4.79 Å². The Morgan fingerprint density at radius 1 is 1.53 bits per heavy atom. The summed E-state index contributed by atoms with van der Waals surface area (Å²) in [6.07, 6.45) is 5.12.